The summed E-state index contributed by atoms with van der Waals surface area (Å²) in [6.45, 7) is 5.23. The van der Waals surface area contributed by atoms with Crippen molar-refractivity contribution in [1.82, 2.24) is 10.2 Å². The molecule has 0 spiro atoms. The average Bonchev–Trinajstić information content (AvgIpc) is 3.11. The minimum absolute atomic E-state index is 0.167. The van der Waals surface area contributed by atoms with Gasteiger partial charge >= 0.3 is 0 Å². The molecule has 1 saturated heterocycles. The van der Waals surface area contributed by atoms with E-state index in [2.05, 4.69) is 59.6 Å². The topological polar surface area (TPSA) is 32.3 Å². The Bertz CT molecular complexity index is 503. The van der Waals surface area contributed by atoms with Gasteiger partial charge in [-0.2, -0.15) is 0 Å². The maximum Gasteiger partial charge on any atom is 0.224 e. The van der Waals surface area contributed by atoms with Crippen LogP contribution in [0.15, 0.2) is 42.5 Å². The molecule has 2 atom stereocenters. The maximum absolute atomic E-state index is 12.2. The third-order valence-corrected chi connectivity index (χ3v) is 4.64. The molecule has 1 fully saturated rings. The molecule has 0 saturated carbocycles. The lowest BCUT2D eigenvalue weighted by Gasteiger charge is -2.19. The molecule has 0 unspecified atom stereocenters. The normalized spacial score (nSPS) is 26.3. The van der Waals surface area contributed by atoms with E-state index < -0.39 is 0 Å². The lowest BCUT2D eigenvalue weighted by molar-refractivity contribution is -0.125. The van der Waals surface area contributed by atoms with E-state index >= 15 is 0 Å². The van der Waals surface area contributed by atoms with Gasteiger partial charge in [0.1, 0.15) is 0 Å². The van der Waals surface area contributed by atoms with E-state index in [1.165, 1.54) is 5.56 Å². The van der Waals surface area contributed by atoms with Crippen molar-refractivity contribution >= 4 is 5.91 Å². The summed E-state index contributed by atoms with van der Waals surface area (Å²) in [5, 5.41) is 3.27. The molecule has 3 rings (SSSR count). The molecule has 112 valence electrons. The number of benzene rings is 1. The molecule has 0 aromatic heterocycles. The summed E-state index contributed by atoms with van der Waals surface area (Å²) in [7, 11) is 0. The third-order valence-electron chi connectivity index (χ3n) is 4.64. The predicted molar refractivity (Wildman–Crippen MR) is 84.7 cm³/mol. The molecule has 1 heterocycles. The second-order valence-corrected chi connectivity index (χ2v) is 6.41. The fraction of sp³-hybridized carbons (Fsp3) is 0.500. The predicted octanol–water partition coefficient (Wildman–Crippen LogP) is 2.59. The molecule has 1 N–H and O–H groups in total. The molecule has 1 aromatic carbocycles. The van der Waals surface area contributed by atoms with Crippen LogP contribution in [0.4, 0.5) is 0 Å². The number of hydrogen-bond acceptors (Lipinski definition) is 2. The highest BCUT2D eigenvalue weighted by Crippen LogP contribution is 2.22. The van der Waals surface area contributed by atoms with Gasteiger partial charge in [0.2, 0.25) is 5.91 Å². The van der Waals surface area contributed by atoms with Crippen molar-refractivity contribution in [3.05, 3.63) is 48.0 Å². The third kappa shape index (κ3) is 3.53. The van der Waals surface area contributed by atoms with Gasteiger partial charge in [0.15, 0.2) is 0 Å². The van der Waals surface area contributed by atoms with E-state index in [0.717, 1.165) is 32.5 Å². The number of allylic oxidation sites excluding steroid dienone is 2. The van der Waals surface area contributed by atoms with Gasteiger partial charge in [0.25, 0.3) is 0 Å². The van der Waals surface area contributed by atoms with Gasteiger partial charge in [-0.3, -0.25) is 9.69 Å². The van der Waals surface area contributed by atoms with Crippen LogP contribution in [0.25, 0.3) is 0 Å². The number of carbonyl (C=O) groups excluding carboxylic acids is 1. The fourth-order valence-electron chi connectivity index (χ4n) is 3.36. The van der Waals surface area contributed by atoms with Crippen molar-refractivity contribution in [3.8, 4) is 0 Å². The van der Waals surface area contributed by atoms with Crippen LogP contribution in [0.1, 0.15) is 25.3 Å². The SMILES string of the molecule is C[C@@H]1CN(Cc2ccccc2)C[C@H]1NC(=O)C1CC=CC1. The molecule has 1 aliphatic carbocycles. The summed E-state index contributed by atoms with van der Waals surface area (Å²) in [5.74, 6) is 0.922. The summed E-state index contributed by atoms with van der Waals surface area (Å²) in [6.07, 6.45) is 6.04. The minimum atomic E-state index is 0.167. The van der Waals surface area contributed by atoms with Gasteiger partial charge in [0, 0.05) is 31.6 Å². The van der Waals surface area contributed by atoms with E-state index in [1.807, 2.05) is 0 Å². The molecular formula is C18H24N2O. The molecule has 0 bridgehead atoms. The van der Waals surface area contributed by atoms with Crippen molar-refractivity contribution in [2.24, 2.45) is 11.8 Å². The lowest BCUT2D eigenvalue weighted by Crippen LogP contribution is -2.42. The summed E-state index contributed by atoms with van der Waals surface area (Å²) >= 11 is 0. The van der Waals surface area contributed by atoms with E-state index in [9.17, 15) is 4.79 Å². The zero-order valence-corrected chi connectivity index (χ0v) is 12.7. The Kier molecular flexibility index (Phi) is 4.39. The summed E-state index contributed by atoms with van der Waals surface area (Å²) < 4.78 is 0. The average molecular weight is 284 g/mol. The number of nitrogens with one attached hydrogen (secondary N) is 1. The molecule has 1 amide bonds. The zero-order valence-electron chi connectivity index (χ0n) is 12.7. The van der Waals surface area contributed by atoms with Crippen molar-refractivity contribution < 1.29 is 4.79 Å². The first kappa shape index (κ1) is 14.3. The van der Waals surface area contributed by atoms with Crippen LogP contribution in [0.5, 0.6) is 0 Å². The van der Waals surface area contributed by atoms with E-state index in [1.54, 1.807) is 0 Å². The highest BCUT2D eigenvalue weighted by Gasteiger charge is 2.32. The van der Waals surface area contributed by atoms with Crippen LogP contribution in [-0.4, -0.2) is 29.9 Å². The Balaban J connectivity index is 1.52. The fourth-order valence-corrected chi connectivity index (χ4v) is 3.36. The van der Waals surface area contributed by atoms with Gasteiger partial charge in [-0.25, -0.2) is 0 Å². The molecule has 21 heavy (non-hydrogen) atoms. The minimum Gasteiger partial charge on any atom is -0.352 e. The Morgan fingerprint density at radius 2 is 1.90 bits per heavy atom. The molecular weight excluding hydrogens is 260 g/mol. The number of likely N-dealkylation sites (tertiary alicyclic amines) is 1. The first-order valence-electron chi connectivity index (χ1n) is 7.94. The van der Waals surface area contributed by atoms with E-state index in [0.29, 0.717) is 12.0 Å². The highest BCUT2D eigenvalue weighted by molar-refractivity contribution is 5.79. The van der Waals surface area contributed by atoms with Crippen molar-refractivity contribution in [2.45, 2.75) is 32.4 Å². The molecule has 1 aliphatic heterocycles. The van der Waals surface area contributed by atoms with Crippen LogP contribution in [0.2, 0.25) is 0 Å². The Labute approximate surface area is 127 Å². The molecule has 1 aromatic rings. The second kappa shape index (κ2) is 6.44. The van der Waals surface area contributed by atoms with Gasteiger partial charge in [-0.1, -0.05) is 49.4 Å². The summed E-state index contributed by atoms with van der Waals surface area (Å²) in [5.41, 5.74) is 1.34. The summed E-state index contributed by atoms with van der Waals surface area (Å²) in [4.78, 5) is 14.7. The Morgan fingerprint density at radius 1 is 1.19 bits per heavy atom. The Morgan fingerprint density at radius 3 is 2.62 bits per heavy atom. The Hall–Kier alpha value is -1.61. The number of carbonyl (C=O) groups is 1. The summed E-state index contributed by atoms with van der Waals surface area (Å²) in [6, 6.07) is 10.8. The van der Waals surface area contributed by atoms with Gasteiger partial charge in [0.05, 0.1) is 0 Å². The quantitative estimate of drug-likeness (QED) is 0.862. The zero-order chi connectivity index (χ0) is 14.7. The highest BCUT2D eigenvalue weighted by atomic mass is 16.2. The van der Waals surface area contributed by atoms with Gasteiger partial charge in [-0.05, 0) is 24.3 Å². The number of rotatable bonds is 4. The first-order valence-corrected chi connectivity index (χ1v) is 7.94. The van der Waals surface area contributed by atoms with Crippen molar-refractivity contribution in [2.75, 3.05) is 13.1 Å². The monoisotopic (exact) mass is 284 g/mol. The van der Waals surface area contributed by atoms with Crippen LogP contribution in [-0.2, 0) is 11.3 Å². The maximum atomic E-state index is 12.2. The van der Waals surface area contributed by atoms with Crippen molar-refractivity contribution in [1.29, 1.82) is 0 Å². The molecule has 3 heteroatoms. The molecule has 0 radical (unpaired) electrons. The van der Waals surface area contributed by atoms with Crippen LogP contribution in [0, 0.1) is 11.8 Å². The molecule has 3 nitrogen and oxygen atoms in total. The van der Waals surface area contributed by atoms with Crippen LogP contribution < -0.4 is 5.32 Å². The van der Waals surface area contributed by atoms with E-state index in [-0.39, 0.29) is 11.8 Å². The van der Waals surface area contributed by atoms with Crippen LogP contribution >= 0.6 is 0 Å². The smallest absolute Gasteiger partial charge is 0.224 e. The number of amides is 1. The van der Waals surface area contributed by atoms with Crippen molar-refractivity contribution in [3.63, 3.8) is 0 Å². The lowest BCUT2D eigenvalue weighted by atomic mass is 10.0. The first-order chi connectivity index (χ1) is 10.2. The van der Waals surface area contributed by atoms with E-state index in [4.69, 9.17) is 0 Å². The van der Waals surface area contributed by atoms with Gasteiger partial charge in [-0.15, -0.1) is 0 Å². The second-order valence-electron chi connectivity index (χ2n) is 6.41. The standard InChI is InChI=1S/C18H24N2O/c1-14-11-20(12-15-7-3-2-4-8-15)13-17(14)19-18(21)16-9-5-6-10-16/h2-8,14,16-17H,9-13H2,1H3,(H,19,21)/t14-,17-/m1/s1. The molecule has 2 aliphatic rings. The number of nitrogens with zero attached hydrogens (tertiary/aromatic N) is 1. The number of hydrogen-bond donors (Lipinski definition) is 1. The largest absolute Gasteiger partial charge is 0.352 e. The van der Waals surface area contributed by atoms with Crippen LogP contribution in [0.3, 0.4) is 0 Å². The van der Waals surface area contributed by atoms with Gasteiger partial charge < -0.3 is 5.32 Å².